The number of aliphatic imine (C=N–C) groups is 1. The van der Waals surface area contributed by atoms with Crippen molar-refractivity contribution in [2.45, 2.75) is 26.0 Å². The van der Waals surface area contributed by atoms with Gasteiger partial charge in [-0.15, -0.1) is 24.0 Å². The van der Waals surface area contributed by atoms with Gasteiger partial charge in [0.1, 0.15) is 23.5 Å². The number of aryl methyl sites for hydroxylation is 1. The maximum Gasteiger partial charge on any atom is 0.232 e. The number of aromatic nitrogens is 1. The van der Waals surface area contributed by atoms with Crippen LogP contribution in [-0.4, -0.2) is 50.5 Å². The minimum Gasteiger partial charge on any atom is -0.488 e. The SMILES string of the molecule is CN=C(NCCOc1ncccc1Cl)NCc1ccc(C)cc1OC1CCOC1.I. The van der Waals surface area contributed by atoms with Crippen LogP contribution in [0.4, 0.5) is 0 Å². The lowest BCUT2D eigenvalue weighted by molar-refractivity contribution is 0.140. The zero-order valence-corrected chi connectivity index (χ0v) is 20.3. The molecule has 0 spiro atoms. The molecule has 7 nitrogen and oxygen atoms in total. The Morgan fingerprint density at radius 3 is 2.93 bits per heavy atom. The molecule has 3 rings (SSSR count). The van der Waals surface area contributed by atoms with Gasteiger partial charge in [-0.3, -0.25) is 4.99 Å². The second-order valence-corrected chi connectivity index (χ2v) is 7.11. The molecule has 1 aromatic carbocycles. The Labute approximate surface area is 199 Å². The first kappa shape index (κ1) is 24.5. The van der Waals surface area contributed by atoms with Gasteiger partial charge in [0.2, 0.25) is 5.88 Å². The minimum atomic E-state index is 0. The third-order valence-corrected chi connectivity index (χ3v) is 4.72. The molecule has 1 aliphatic rings. The normalized spacial score (nSPS) is 16.0. The highest BCUT2D eigenvalue weighted by Gasteiger charge is 2.18. The number of ether oxygens (including phenoxy) is 3. The van der Waals surface area contributed by atoms with E-state index in [-0.39, 0.29) is 30.1 Å². The summed E-state index contributed by atoms with van der Waals surface area (Å²) in [4.78, 5) is 8.35. The van der Waals surface area contributed by atoms with Crippen LogP contribution in [0.1, 0.15) is 17.5 Å². The Bertz CT molecular complexity index is 832. The van der Waals surface area contributed by atoms with Crippen molar-refractivity contribution in [1.29, 1.82) is 0 Å². The van der Waals surface area contributed by atoms with Gasteiger partial charge in [-0.05, 0) is 30.7 Å². The highest BCUT2D eigenvalue weighted by atomic mass is 127. The van der Waals surface area contributed by atoms with E-state index in [1.54, 1.807) is 25.4 Å². The van der Waals surface area contributed by atoms with Crippen molar-refractivity contribution in [3.63, 3.8) is 0 Å². The quantitative estimate of drug-likeness (QED) is 0.228. The molecule has 1 atom stereocenters. The number of hydrogen-bond donors (Lipinski definition) is 2. The fourth-order valence-electron chi connectivity index (χ4n) is 2.90. The van der Waals surface area contributed by atoms with Crippen LogP contribution < -0.4 is 20.1 Å². The summed E-state index contributed by atoms with van der Waals surface area (Å²) in [5.74, 6) is 1.99. The molecular formula is C21H28ClIN4O3. The summed E-state index contributed by atoms with van der Waals surface area (Å²) in [6.45, 7) is 5.03. The monoisotopic (exact) mass is 546 g/mol. The van der Waals surface area contributed by atoms with Gasteiger partial charge in [0.05, 0.1) is 19.8 Å². The van der Waals surface area contributed by atoms with Crippen molar-refractivity contribution in [2.75, 3.05) is 33.4 Å². The molecule has 0 aliphatic carbocycles. The highest BCUT2D eigenvalue weighted by molar-refractivity contribution is 14.0. The molecule has 0 bridgehead atoms. The first-order chi connectivity index (χ1) is 14.2. The van der Waals surface area contributed by atoms with Crippen LogP contribution in [-0.2, 0) is 11.3 Å². The highest BCUT2D eigenvalue weighted by Crippen LogP contribution is 2.24. The maximum absolute atomic E-state index is 6.15. The second-order valence-electron chi connectivity index (χ2n) is 6.71. The van der Waals surface area contributed by atoms with Crippen LogP contribution >= 0.6 is 35.6 Å². The van der Waals surface area contributed by atoms with Gasteiger partial charge in [0, 0.05) is 31.8 Å². The summed E-state index contributed by atoms with van der Waals surface area (Å²) in [5, 5.41) is 7.02. The molecular weight excluding hydrogens is 519 g/mol. The largest absolute Gasteiger partial charge is 0.488 e. The Morgan fingerprint density at radius 1 is 1.33 bits per heavy atom. The fourth-order valence-corrected chi connectivity index (χ4v) is 3.07. The molecule has 1 unspecified atom stereocenters. The van der Waals surface area contributed by atoms with Gasteiger partial charge in [-0.2, -0.15) is 0 Å². The van der Waals surface area contributed by atoms with E-state index < -0.39 is 0 Å². The average Bonchev–Trinajstić information content (AvgIpc) is 3.23. The van der Waals surface area contributed by atoms with Crippen LogP contribution in [0.25, 0.3) is 0 Å². The number of rotatable bonds is 8. The van der Waals surface area contributed by atoms with Crippen LogP contribution in [0.2, 0.25) is 5.02 Å². The van der Waals surface area contributed by atoms with E-state index >= 15 is 0 Å². The molecule has 2 N–H and O–H groups in total. The molecule has 0 radical (unpaired) electrons. The summed E-state index contributed by atoms with van der Waals surface area (Å²) in [6, 6.07) is 9.73. The molecule has 1 fully saturated rings. The summed E-state index contributed by atoms with van der Waals surface area (Å²) in [7, 11) is 1.73. The van der Waals surface area contributed by atoms with Crippen molar-refractivity contribution in [3.05, 3.63) is 52.7 Å². The van der Waals surface area contributed by atoms with Crippen LogP contribution in [0.5, 0.6) is 11.6 Å². The van der Waals surface area contributed by atoms with Gasteiger partial charge in [-0.1, -0.05) is 23.7 Å². The van der Waals surface area contributed by atoms with Crippen molar-refractivity contribution in [2.24, 2.45) is 4.99 Å². The van der Waals surface area contributed by atoms with E-state index in [0.29, 0.717) is 43.2 Å². The number of pyridine rings is 1. The Hall–Kier alpha value is -1.78. The predicted molar refractivity (Wildman–Crippen MR) is 129 cm³/mol. The fraction of sp³-hybridized carbons (Fsp3) is 0.429. The van der Waals surface area contributed by atoms with Gasteiger partial charge < -0.3 is 24.8 Å². The zero-order chi connectivity index (χ0) is 20.5. The molecule has 9 heteroatoms. The minimum absolute atomic E-state index is 0. The Morgan fingerprint density at radius 2 is 2.20 bits per heavy atom. The van der Waals surface area contributed by atoms with E-state index in [2.05, 4.69) is 45.7 Å². The number of benzene rings is 1. The molecule has 164 valence electrons. The number of nitrogens with zero attached hydrogens (tertiary/aromatic N) is 2. The summed E-state index contributed by atoms with van der Waals surface area (Å²) in [6.07, 6.45) is 2.68. The molecule has 2 heterocycles. The van der Waals surface area contributed by atoms with Gasteiger partial charge in [-0.25, -0.2) is 4.98 Å². The lowest BCUT2D eigenvalue weighted by Crippen LogP contribution is -2.39. The molecule has 1 saturated heterocycles. The van der Waals surface area contributed by atoms with Crippen molar-refractivity contribution in [3.8, 4) is 11.6 Å². The third-order valence-electron chi connectivity index (χ3n) is 4.43. The summed E-state index contributed by atoms with van der Waals surface area (Å²) < 4.78 is 17.1. The molecule has 1 aromatic heterocycles. The summed E-state index contributed by atoms with van der Waals surface area (Å²) >= 11 is 6.03. The Balaban J connectivity index is 0.00000320. The van der Waals surface area contributed by atoms with Gasteiger partial charge >= 0.3 is 0 Å². The second kappa shape index (κ2) is 12.8. The first-order valence-corrected chi connectivity index (χ1v) is 10.1. The van der Waals surface area contributed by atoms with E-state index in [1.165, 1.54) is 0 Å². The van der Waals surface area contributed by atoms with Crippen molar-refractivity contribution in [1.82, 2.24) is 15.6 Å². The molecule has 2 aromatic rings. The smallest absolute Gasteiger partial charge is 0.232 e. The van der Waals surface area contributed by atoms with E-state index in [0.717, 1.165) is 29.9 Å². The van der Waals surface area contributed by atoms with E-state index in [4.69, 9.17) is 25.8 Å². The zero-order valence-electron chi connectivity index (χ0n) is 17.2. The number of halogens is 2. The molecule has 30 heavy (non-hydrogen) atoms. The molecule has 1 aliphatic heterocycles. The van der Waals surface area contributed by atoms with Crippen LogP contribution in [0.3, 0.4) is 0 Å². The Kier molecular flexibility index (Phi) is 10.5. The lowest BCUT2D eigenvalue weighted by Gasteiger charge is -2.18. The van der Waals surface area contributed by atoms with E-state index in [9.17, 15) is 0 Å². The van der Waals surface area contributed by atoms with Crippen molar-refractivity contribution < 1.29 is 14.2 Å². The van der Waals surface area contributed by atoms with Crippen molar-refractivity contribution >= 4 is 41.5 Å². The average molecular weight is 547 g/mol. The maximum atomic E-state index is 6.15. The molecule has 0 amide bonds. The first-order valence-electron chi connectivity index (χ1n) is 9.67. The number of hydrogen-bond acceptors (Lipinski definition) is 5. The third kappa shape index (κ3) is 7.48. The standard InChI is InChI=1S/C21H27ClN4O3.HI/c1-15-5-6-16(19(12-15)29-17-7-10-27-14-17)13-26-21(23-2)25-9-11-28-20-18(22)4-3-8-24-20;/h3-6,8,12,17H,7,9-11,13-14H2,1-2H3,(H2,23,25,26);1H. The van der Waals surface area contributed by atoms with Gasteiger partial charge in [0.15, 0.2) is 5.96 Å². The summed E-state index contributed by atoms with van der Waals surface area (Å²) in [5.41, 5.74) is 2.23. The lowest BCUT2D eigenvalue weighted by atomic mass is 10.1. The van der Waals surface area contributed by atoms with E-state index in [1.807, 2.05) is 0 Å². The number of nitrogens with one attached hydrogen (secondary N) is 2. The number of guanidine groups is 1. The topological polar surface area (TPSA) is 77.0 Å². The van der Waals surface area contributed by atoms with Crippen LogP contribution in [0, 0.1) is 6.92 Å². The van der Waals surface area contributed by atoms with Gasteiger partial charge in [0.25, 0.3) is 0 Å². The predicted octanol–water partition coefficient (Wildman–Crippen LogP) is 3.57. The van der Waals surface area contributed by atoms with Crippen LogP contribution in [0.15, 0.2) is 41.5 Å². The molecule has 0 saturated carbocycles.